The molecule has 20 heavy (non-hydrogen) atoms. The highest BCUT2D eigenvalue weighted by atomic mass is 16.4. The molecule has 0 aliphatic carbocycles. The van der Waals surface area contributed by atoms with Gasteiger partial charge in [-0.3, -0.25) is 0 Å². The summed E-state index contributed by atoms with van der Waals surface area (Å²) in [6.07, 6.45) is 8.05. The Hall–Kier alpha value is -2.50. The van der Waals surface area contributed by atoms with Crippen LogP contribution in [0.15, 0.2) is 31.0 Å². The van der Waals surface area contributed by atoms with Crippen LogP contribution in [-0.4, -0.2) is 26.0 Å². The first-order chi connectivity index (χ1) is 9.58. The number of carboxylic acid groups (broad SMARTS) is 1. The van der Waals surface area contributed by atoms with Gasteiger partial charge in [0.25, 0.3) is 0 Å². The number of fused-ring (bicyclic) bond motifs is 1. The molecule has 1 aliphatic heterocycles. The zero-order valence-electron chi connectivity index (χ0n) is 11.0. The Morgan fingerprint density at radius 2 is 2.10 bits per heavy atom. The lowest BCUT2D eigenvalue weighted by molar-refractivity contribution is 0.0696. The average Bonchev–Trinajstić information content (AvgIpc) is 2.47. The van der Waals surface area contributed by atoms with Gasteiger partial charge in [0.15, 0.2) is 0 Å². The van der Waals surface area contributed by atoms with E-state index in [0.717, 1.165) is 29.8 Å². The molecule has 0 aromatic carbocycles. The van der Waals surface area contributed by atoms with E-state index in [1.165, 1.54) is 12.5 Å². The lowest BCUT2D eigenvalue weighted by atomic mass is 9.84. The highest BCUT2D eigenvalue weighted by molar-refractivity contribution is 5.87. The Kier molecular flexibility index (Phi) is 2.85. The van der Waals surface area contributed by atoms with Gasteiger partial charge in [-0.15, -0.1) is 0 Å². The van der Waals surface area contributed by atoms with Crippen LogP contribution < -0.4 is 5.32 Å². The molecule has 0 bridgehead atoms. The van der Waals surface area contributed by atoms with Gasteiger partial charge in [-0.2, -0.15) is 0 Å². The summed E-state index contributed by atoms with van der Waals surface area (Å²) in [5.74, 6) is -0.224. The molecule has 0 radical (unpaired) electrons. The van der Waals surface area contributed by atoms with Crippen LogP contribution in [0.25, 0.3) is 0 Å². The predicted molar refractivity (Wildman–Crippen MR) is 72.5 cm³/mol. The number of carboxylic acids is 1. The van der Waals surface area contributed by atoms with Crippen LogP contribution in [0.1, 0.15) is 34.8 Å². The van der Waals surface area contributed by atoms with Gasteiger partial charge in [0, 0.05) is 24.2 Å². The number of anilines is 1. The fraction of sp³-hybridized carbons (Fsp3) is 0.286. The molecule has 2 N–H and O–H groups in total. The molecule has 1 unspecified atom stereocenters. The fourth-order valence-electron chi connectivity index (χ4n) is 2.44. The van der Waals surface area contributed by atoms with E-state index in [0.29, 0.717) is 0 Å². The molecule has 0 saturated carbocycles. The summed E-state index contributed by atoms with van der Waals surface area (Å²) in [4.78, 5) is 23.3. The van der Waals surface area contributed by atoms with Gasteiger partial charge >= 0.3 is 5.97 Å². The number of hydrogen-bond donors (Lipinski definition) is 2. The third-order valence-electron chi connectivity index (χ3n) is 3.70. The third-order valence-corrected chi connectivity index (χ3v) is 3.70. The largest absolute Gasteiger partial charge is 0.478 e. The van der Waals surface area contributed by atoms with E-state index < -0.39 is 5.97 Å². The van der Waals surface area contributed by atoms with Crippen molar-refractivity contribution in [3.8, 4) is 0 Å². The first-order valence-electron chi connectivity index (χ1n) is 6.34. The van der Waals surface area contributed by atoms with Crippen LogP contribution in [-0.2, 0) is 12.0 Å². The average molecular weight is 270 g/mol. The Morgan fingerprint density at radius 1 is 1.35 bits per heavy atom. The minimum Gasteiger partial charge on any atom is -0.478 e. The van der Waals surface area contributed by atoms with E-state index in [2.05, 4.69) is 27.2 Å². The van der Waals surface area contributed by atoms with Gasteiger partial charge in [-0.1, -0.05) is 0 Å². The summed E-state index contributed by atoms with van der Waals surface area (Å²) in [5.41, 5.74) is 1.86. The number of carbonyl (C=O) groups is 1. The Bertz CT molecular complexity index is 659. The molecule has 6 nitrogen and oxygen atoms in total. The molecule has 1 atom stereocenters. The molecular formula is C14H14N4O2. The molecule has 0 saturated heterocycles. The molecule has 2 aromatic heterocycles. The maximum absolute atomic E-state index is 11.0. The second-order valence-corrected chi connectivity index (χ2v) is 5.12. The fourth-order valence-corrected chi connectivity index (χ4v) is 2.44. The van der Waals surface area contributed by atoms with E-state index >= 15 is 0 Å². The highest BCUT2D eigenvalue weighted by Crippen LogP contribution is 2.35. The third kappa shape index (κ3) is 2.09. The van der Waals surface area contributed by atoms with E-state index in [1.807, 2.05) is 0 Å². The molecule has 0 spiro atoms. The maximum Gasteiger partial charge on any atom is 0.337 e. The van der Waals surface area contributed by atoms with Gasteiger partial charge in [0.2, 0.25) is 0 Å². The molecule has 6 heteroatoms. The summed E-state index contributed by atoms with van der Waals surface area (Å²) in [7, 11) is 0. The number of aryl methyl sites for hydroxylation is 1. The maximum atomic E-state index is 11.0. The van der Waals surface area contributed by atoms with Gasteiger partial charge in [0.1, 0.15) is 12.1 Å². The van der Waals surface area contributed by atoms with Crippen LogP contribution >= 0.6 is 0 Å². The summed E-state index contributed by atoms with van der Waals surface area (Å²) >= 11 is 0. The zero-order valence-corrected chi connectivity index (χ0v) is 11.0. The topological polar surface area (TPSA) is 88.0 Å². The zero-order chi connectivity index (χ0) is 14.2. The van der Waals surface area contributed by atoms with E-state index in [9.17, 15) is 4.79 Å². The Labute approximate surface area is 115 Å². The minimum absolute atomic E-state index is 0.220. The summed E-state index contributed by atoms with van der Waals surface area (Å²) in [5, 5.41) is 12.4. The Morgan fingerprint density at radius 3 is 2.80 bits per heavy atom. The van der Waals surface area contributed by atoms with E-state index in [1.54, 1.807) is 18.5 Å². The van der Waals surface area contributed by atoms with Crippen molar-refractivity contribution in [2.75, 3.05) is 5.32 Å². The number of rotatable bonds is 2. The van der Waals surface area contributed by atoms with Crippen molar-refractivity contribution in [1.29, 1.82) is 0 Å². The van der Waals surface area contributed by atoms with Crippen molar-refractivity contribution in [3.63, 3.8) is 0 Å². The van der Waals surface area contributed by atoms with Crippen LogP contribution in [0.5, 0.6) is 0 Å². The van der Waals surface area contributed by atoms with Crippen LogP contribution in [0.4, 0.5) is 5.82 Å². The molecule has 3 rings (SSSR count). The first kappa shape index (κ1) is 12.5. The summed E-state index contributed by atoms with van der Waals surface area (Å²) in [6.45, 7) is 2.07. The molecule has 0 fully saturated rings. The number of hydrogen-bond acceptors (Lipinski definition) is 5. The van der Waals surface area contributed by atoms with Crippen molar-refractivity contribution in [3.05, 3.63) is 47.7 Å². The van der Waals surface area contributed by atoms with Gasteiger partial charge < -0.3 is 10.4 Å². The van der Waals surface area contributed by atoms with Gasteiger partial charge in [0.05, 0.1) is 11.1 Å². The summed E-state index contributed by atoms with van der Waals surface area (Å²) in [6, 6.07) is 1.68. The predicted octanol–water partition coefficient (Wildman–Crippen LogP) is 1.84. The molecular weight excluding hydrogens is 256 g/mol. The van der Waals surface area contributed by atoms with Crippen molar-refractivity contribution < 1.29 is 9.90 Å². The number of aromatic carboxylic acids is 1. The number of pyridine rings is 1. The number of nitrogens with one attached hydrogen (secondary N) is 1. The lowest BCUT2D eigenvalue weighted by Crippen LogP contribution is -2.36. The first-order valence-corrected chi connectivity index (χ1v) is 6.34. The summed E-state index contributed by atoms with van der Waals surface area (Å²) < 4.78 is 0. The van der Waals surface area contributed by atoms with E-state index in [4.69, 9.17) is 5.11 Å². The van der Waals surface area contributed by atoms with Crippen molar-refractivity contribution in [2.45, 2.75) is 25.3 Å². The standard InChI is InChI=1S/C14H14N4O2/c1-14(11-6-15-8-16-7-11)3-2-9-4-10(13(19)20)5-17-12(9)18-14/h4-8H,2-3H2,1H3,(H,17,18)(H,19,20). The van der Waals surface area contributed by atoms with Gasteiger partial charge in [-0.05, 0) is 31.4 Å². The van der Waals surface area contributed by atoms with Crippen LogP contribution in [0.2, 0.25) is 0 Å². The van der Waals surface area contributed by atoms with Crippen LogP contribution in [0, 0.1) is 0 Å². The molecule has 102 valence electrons. The normalized spacial score (nSPS) is 20.9. The monoisotopic (exact) mass is 270 g/mol. The van der Waals surface area contributed by atoms with Crippen molar-refractivity contribution >= 4 is 11.8 Å². The SMILES string of the molecule is CC1(c2cncnc2)CCc2cc(C(=O)O)cnc2N1. The minimum atomic E-state index is -0.954. The van der Waals surface area contributed by atoms with E-state index in [-0.39, 0.29) is 11.1 Å². The number of nitrogens with zero attached hydrogens (tertiary/aromatic N) is 3. The Balaban J connectivity index is 1.95. The van der Waals surface area contributed by atoms with Gasteiger partial charge in [-0.25, -0.2) is 19.7 Å². The van der Waals surface area contributed by atoms with Crippen molar-refractivity contribution in [1.82, 2.24) is 15.0 Å². The molecule has 3 heterocycles. The number of aromatic nitrogens is 3. The smallest absolute Gasteiger partial charge is 0.337 e. The quantitative estimate of drug-likeness (QED) is 0.865. The molecule has 1 aliphatic rings. The highest BCUT2D eigenvalue weighted by Gasteiger charge is 2.32. The second-order valence-electron chi connectivity index (χ2n) is 5.12. The molecule has 0 amide bonds. The second kappa shape index (κ2) is 4.56. The van der Waals surface area contributed by atoms with Crippen LogP contribution in [0.3, 0.4) is 0 Å². The molecule has 2 aromatic rings. The van der Waals surface area contributed by atoms with Crippen molar-refractivity contribution in [2.24, 2.45) is 0 Å². The lowest BCUT2D eigenvalue weighted by Gasteiger charge is -2.36.